The normalized spacial score (nSPS) is 15.3. The van der Waals surface area contributed by atoms with Crippen molar-refractivity contribution in [2.45, 2.75) is 50.1 Å². The lowest BCUT2D eigenvalue weighted by Gasteiger charge is -2.25. The van der Waals surface area contributed by atoms with E-state index in [1.165, 1.54) is 27.7 Å². The summed E-state index contributed by atoms with van der Waals surface area (Å²) >= 11 is 6.03. The molecule has 9 nitrogen and oxygen atoms in total. The summed E-state index contributed by atoms with van der Waals surface area (Å²) in [6.45, 7) is 7.21. The number of thiazole rings is 1. The maximum absolute atomic E-state index is 13.8. The number of carbonyl (C=O) groups is 1. The lowest BCUT2D eigenvalue weighted by atomic mass is 9.96. The van der Waals surface area contributed by atoms with Gasteiger partial charge in [0.1, 0.15) is 11.5 Å². The zero-order valence-electron chi connectivity index (χ0n) is 22.3. The highest BCUT2D eigenvalue weighted by molar-refractivity contribution is 9.10. The van der Waals surface area contributed by atoms with E-state index in [2.05, 4.69) is 30.9 Å². The third kappa shape index (κ3) is 5.70. The van der Waals surface area contributed by atoms with E-state index < -0.39 is 12.0 Å². The second kappa shape index (κ2) is 11.6. The van der Waals surface area contributed by atoms with Gasteiger partial charge in [0.2, 0.25) is 0 Å². The summed E-state index contributed by atoms with van der Waals surface area (Å²) in [5.74, 6) is 0.626. The molecule has 4 heterocycles. The van der Waals surface area contributed by atoms with E-state index >= 15 is 0 Å². The molecule has 5 rings (SSSR count). The Hall–Kier alpha value is -3.48. The molecule has 206 valence electrons. The molecule has 0 unspecified atom stereocenters. The fourth-order valence-electron chi connectivity index (χ4n) is 4.16. The minimum absolute atomic E-state index is 0.296. The summed E-state index contributed by atoms with van der Waals surface area (Å²) in [4.78, 5) is 40.9. The number of hydrogen-bond acceptors (Lipinski definition) is 10. The average Bonchev–Trinajstić information content (AvgIpc) is 3.40. The number of hydrogen-bond donors (Lipinski definition) is 0. The minimum Gasteiger partial charge on any atom is -0.497 e. The Kier molecular flexibility index (Phi) is 8.11. The number of ether oxygens (including phenoxy) is 2. The number of aromatic nitrogens is 3. The summed E-state index contributed by atoms with van der Waals surface area (Å²) in [6.07, 6.45) is 3.03. The van der Waals surface area contributed by atoms with Gasteiger partial charge in [-0.25, -0.2) is 19.8 Å². The number of fused-ring (bicyclic) bond motifs is 1. The van der Waals surface area contributed by atoms with Crippen LogP contribution in [0.3, 0.4) is 0 Å². The van der Waals surface area contributed by atoms with Gasteiger partial charge in [0.25, 0.3) is 5.56 Å². The molecule has 0 bridgehead atoms. The first kappa shape index (κ1) is 28.1. The third-order valence-electron chi connectivity index (χ3n) is 5.92. The number of esters is 1. The molecule has 1 atom stereocenters. The van der Waals surface area contributed by atoms with Crippen LogP contribution in [-0.2, 0) is 9.53 Å². The van der Waals surface area contributed by atoms with Crippen molar-refractivity contribution in [3.8, 4) is 5.75 Å². The summed E-state index contributed by atoms with van der Waals surface area (Å²) in [6, 6.07) is 10.1. The maximum Gasteiger partial charge on any atom is 0.338 e. The quantitative estimate of drug-likeness (QED) is 0.209. The van der Waals surface area contributed by atoms with Crippen molar-refractivity contribution in [3.63, 3.8) is 0 Å². The topological polar surface area (TPSA) is 109 Å². The van der Waals surface area contributed by atoms with Gasteiger partial charge in [-0.2, -0.15) is 0 Å². The SMILES string of the molecule is COc1ccc([C@@H]2C(C(=O)OC(C)C)=C(C)N=c3s/c(=C/c4cc(Br)c(Sc5nccc(C)n5)o4)c(=O)n32)cc1. The predicted molar refractivity (Wildman–Crippen MR) is 155 cm³/mol. The van der Waals surface area contributed by atoms with E-state index in [-0.39, 0.29) is 11.7 Å². The van der Waals surface area contributed by atoms with Crippen molar-refractivity contribution in [2.75, 3.05) is 7.11 Å². The summed E-state index contributed by atoms with van der Waals surface area (Å²) in [7, 11) is 1.58. The van der Waals surface area contributed by atoms with Crippen molar-refractivity contribution in [3.05, 3.63) is 95.0 Å². The average molecular weight is 642 g/mol. The zero-order chi connectivity index (χ0) is 28.6. The van der Waals surface area contributed by atoms with Gasteiger partial charge in [0, 0.05) is 18.0 Å². The lowest BCUT2D eigenvalue weighted by Crippen LogP contribution is -2.40. The Morgan fingerprint density at radius 1 is 1.23 bits per heavy atom. The van der Waals surface area contributed by atoms with Crippen molar-refractivity contribution in [1.82, 2.24) is 14.5 Å². The van der Waals surface area contributed by atoms with Crippen molar-refractivity contribution >= 4 is 51.1 Å². The van der Waals surface area contributed by atoms with Crippen LogP contribution < -0.4 is 19.6 Å². The Morgan fingerprint density at radius 2 is 1.98 bits per heavy atom. The summed E-state index contributed by atoms with van der Waals surface area (Å²) in [5, 5.41) is 1.12. The minimum atomic E-state index is -0.719. The molecule has 0 saturated heterocycles. The number of benzene rings is 1. The van der Waals surface area contributed by atoms with E-state index in [0.717, 1.165) is 11.3 Å². The van der Waals surface area contributed by atoms with Crippen LogP contribution in [-0.4, -0.2) is 33.7 Å². The third-order valence-corrected chi connectivity index (χ3v) is 8.62. The summed E-state index contributed by atoms with van der Waals surface area (Å²) in [5.41, 5.74) is 2.10. The standard InChI is InChI=1S/C28H25BrN4O5S2/c1-14(2)37-25(35)22-16(4)32-28-33(23(22)17-6-8-18(36-5)9-7-17)24(34)21(39-28)13-19-12-20(29)26(38-19)40-27-30-11-10-15(3)31-27/h6-14,23H,1-5H3/b21-13+/t23-/m1/s1. The Labute approximate surface area is 246 Å². The molecule has 1 aliphatic heterocycles. The largest absolute Gasteiger partial charge is 0.497 e. The zero-order valence-corrected chi connectivity index (χ0v) is 25.5. The Balaban J connectivity index is 1.60. The number of halogens is 1. The number of allylic oxidation sites excluding steroid dienone is 1. The molecule has 0 N–H and O–H groups in total. The smallest absolute Gasteiger partial charge is 0.338 e. The lowest BCUT2D eigenvalue weighted by molar-refractivity contribution is -0.143. The number of methoxy groups -OCH3 is 1. The number of furan rings is 1. The molecule has 0 amide bonds. The van der Waals surface area contributed by atoms with Gasteiger partial charge in [-0.15, -0.1) is 0 Å². The fraction of sp³-hybridized carbons (Fsp3) is 0.250. The van der Waals surface area contributed by atoms with Crippen LogP contribution in [0, 0.1) is 6.92 Å². The molecule has 0 fully saturated rings. The van der Waals surface area contributed by atoms with E-state index in [0.29, 0.717) is 46.8 Å². The van der Waals surface area contributed by atoms with Crippen LogP contribution in [0.4, 0.5) is 0 Å². The number of nitrogens with zero attached hydrogens (tertiary/aromatic N) is 4. The maximum atomic E-state index is 13.8. The highest BCUT2D eigenvalue weighted by atomic mass is 79.9. The van der Waals surface area contributed by atoms with Gasteiger partial charge in [-0.3, -0.25) is 9.36 Å². The molecule has 1 aromatic carbocycles. The van der Waals surface area contributed by atoms with Crippen molar-refractivity contribution < 1.29 is 18.7 Å². The molecule has 3 aromatic heterocycles. The van der Waals surface area contributed by atoms with Gasteiger partial charge in [-0.05, 0) is 85.2 Å². The molecule has 0 aliphatic carbocycles. The van der Waals surface area contributed by atoms with E-state index in [1.54, 1.807) is 58.4 Å². The highest BCUT2D eigenvalue weighted by Gasteiger charge is 2.33. The fourth-order valence-corrected chi connectivity index (χ4v) is 6.50. The molecule has 1 aliphatic rings. The Morgan fingerprint density at radius 3 is 2.65 bits per heavy atom. The van der Waals surface area contributed by atoms with Gasteiger partial charge in [-0.1, -0.05) is 23.5 Å². The summed E-state index contributed by atoms with van der Waals surface area (Å²) < 4.78 is 19.5. The first-order valence-corrected chi connectivity index (χ1v) is 14.7. The molecule has 12 heteroatoms. The first-order chi connectivity index (χ1) is 19.1. The van der Waals surface area contributed by atoms with Crippen molar-refractivity contribution in [2.24, 2.45) is 4.99 Å². The molecular formula is C28H25BrN4O5S2. The van der Waals surface area contributed by atoms with Gasteiger partial charge >= 0.3 is 5.97 Å². The van der Waals surface area contributed by atoms with E-state index in [1.807, 2.05) is 25.1 Å². The van der Waals surface area contributed by atoms with E-state index in [9.17, 15) is 9.59 Å². The van der Waals surface area contributed by atoms with Crippen LogP contribution in [0.15, 0.2) is 82.8 Å². The number of carbonyl (C=O) groups excluding carboxylic acids is 1. The van der Waals surface area contributed by atoms with Crippen LogP contribution in [0.1, 0.15) is 43.8 Å². The second-order valence-corrected chi connectivity index (χ2v) is 12.0. The van der Waals surface area contributed by atoms with Gasteiger partial charge in [0.15, 0.2) is 15.1 Å². The van der Waals surface area contributed by atoms with Crippen LogP contribution in [0.25, 0.3) is 6.08 Å². The molecular weight excluding hydrogens is 616 g/mol. The van der Waals surface area contributed by atoms with Crippen molar-refractivity contribution in [1.29, 1.82) is 0 Å². The van der Waals surface area contributed by atoms with Gasteiger partial charge < -0.3 is 13.9 Å². The molecule has 0 saturated carbocycles. The second-order valence-electron chi connectivity index (χ2n) is 9.18. The molecule has 4 aromatic rings. The number of aryl methyl sites for hydroxylation is 1. The Bertz CT molecular complexity index is 1810. The predicted octanol–water partition coefficient (Wildman–Crippen LogP) is 4.80. The first-order valence-electron chi connectivity index (χ1n) is 12.3. The van der Waals surface area contributed by atoms with Crippen LogP contribution in [0.5, 0.6) is 5.75 Å². The molecule has 0 radical (unpaired) electrons. The van der Waals surface area contributed by atoms with Gasteiger partial charge in [0.05, 0.1) is 39.5 Å². The van der Waals surface area contributed by atoms with E-state index in [4.69, 9.17) is 13.9 Å². The number of rotatable bonds is 7. The van der Waals surface area contributed by atoms with Crippen LogP contribution in [0.2, 0.25) is 0 Å². The van der Waals surface area contributed by atoms with Crippen LogP contribution >= 0.6 is 39.0 Å². The monoisotopic (exact) mass is 640 g/mol. The highest BCUT2D eigenvalue weighted by Crippen LogP contribution is 2.35. The molecule has 0 spiro atoms. The molecule has 40 heavy (non-hydrogen) atoms.